The molecule has 0 radical (unpaired) electrons. The predicted molar refractivity (Wildman–Crippen MR) is 98.6 cm³/mol. The summed E-state index contributed by atoms with van der Waals surface area (Å²) < 4.78 is 0. The fourth-order valence-electron chi connectivity index (χ4n) is 2.92. The van der Waals surface area contributed by atoms with E-state index in [0.29, 0.717) is 0 Å². The van der Waals surface area contributed by atoms with E-state index < -0.39 is 0 Å². The topological polar surface area (TPSA) is 0 Å². The summed E-state index contributed by atoms with van der Waals surface area (Å²) in [6.45, 7) is 0. The van der Waals surface area contributed by atoms with Crippen molar-refractivity contribution in [1.82, 2.24) is 0 Å². The Hall–Kier alpha value is -1.36. The van der Waals surface area contributed by atoms with Gasteiger partial charge in [-0.05, 0) is 32.7 Å². The van der Waals surface area contributed by atoms with Crippen molar-refractivity contribution in [3.63, 3.8) is 0 Å². The smallest absolute Gasteiger partial charge is 0.00992 e. The van der Waals surface area contributed by atoms with E-state index in [-0.39, 0.29) is 15.9 Å². The molecule has 0 aliphatic rings. The van der Waals surface area contributed by atoms with Crippen LogP contribution in [0, 0.1) is 0 Å². The van der Waals surface area contributed by atoms with Crippen molar-refractivity contribution in [2.75, 3.05) is 0 Å². The third kappa shape index (κ3) is 3.60. The van der Waals surface area contributed by atoms with Gasteiger partial charge in [-0.15, -0.1) is 0 Å². The summed E-state index contributed by atoms with van der Waals surface area (Å²) in [5.41, 5.74) is 2.61. The van der Waals surface area contributed by atoms with E-state index in [2.05, 4.69) is 84.9 Å². The fraction of sp³-hybridized carbons (Fsp3) is 0. The molecule has 0 fully saturated rings. The van der Waals surface area contributed by atoms with Gasteiger partial charge in [0.1, 0.15) is 0 Å². The van der Waals surface area contributed by atoms with Crippen molar-refractivity contribution < 1.29 is 15.9 Å². The van der Waals surface area contributed by atoms with Gasteiger partial charge in [0, 0.05) is 0 Å². The Morgan fingerprint density at radius 2 is 0.826 bits per heavy atom. The zero-order chi connectivity index (χ0) is 16.1. The monoisotopic (exact) mass is 430 g/mol. The molecule has 0 saturated heterocycles. The second-order valence-electron chi connectivity index (χ2n) is 5.10. The van der Waals surface area contributed by atoms with Crippen molar-refractivity contribution in [2.24, 2.45) is 0 Å². The first-order chi connectivity index (χ1) is 11.3. The molecular weight excluding hydrogens is 418 g/mol. The molecule has 0 unspecified atom stereocenters. The Morgan fingerprint density at radius 3 is 1.26 bits per heavy atom. The van der Waals surface area contributed by atoms with Crippen LogP contribution in [0.4, 0.5) is 0 Å². The van der Waals surface area contributed by atoms with Crippen LogP contribution in [-0.4, -0.2) is 0 Å². The van der Waals surface area contributed by atoms with E-state index in [1.165, 1.54) is 32.7 Å². The van der Waals surface area contributed by atoms with Gasteiger partial charge in [0.15, 0.2) is 0 Å². The van der Waals surface area contributed by atoms with Crippen molar-refractivity contribution in [1.29, 1.82) is 0 Å². The summed E-state index contributed by atoms with van der Waals surface area (Å²) in [5.74, 6) is 0. The molecule has 4 aromatic carbocycles. The first kappa shape index (κ1) is 16.5. The predicted octanol–water partition coefficient (Wildman–Crippen LogP) is 7.04. The quantitative estimate of drug-likeness (QED) is 0.284. The van der Waals surface area contributed by atoms with Gasteiger partial charge >= 0.3 is 35.0 Å². The first-order valence-corrected chi connectivity index (χ1v) is 11.1. The number of hydrogen-bond acceptors (Lipinski definition) is 0. The molecule has 0 bridgehead atoms. The van der Waals surface area contributed by atoms with Crippen LogP contribution in [-0.2, 0) is 15.9 Å². The first-order valence-electron chi connectivity index (χ1n) is 7.13. The summed E-state index contributed by atoms with van der Waals surface area (Å²) in [5, 5.41) is 5.20. The van der Waals surface area contributed by atoms with E-state index in [9.17, 15) is 0 Å². The van der Waals surface area contributed by atoms with E-state index in [4.69, 9.17) is 19.1 Å². The maximum absolute atomic E-state index is 4.81. The molecule has 0 aliphatic heterocycles. The van der Waals surface area contributed by atoms with E-state index in [1.54, 1.807) is 0 Å². The number of fused-ring (bicyclic) bond motifs is 2. The SMILES string of the molecule is [Cl][Pd][Cl].c1ccc2c(-c3cccc4ccccc34)cccc2c1. The number of hydrogen-bond donors (Lipinski definition) is 0. The van der Waals surface area contributed by atoms with Gasteiger partial charge in [-0.1, -0.05) is 84.9 Å². The molecule has 118 valence electrons. The fourth-order valence-corrected chi connectivity index (χ4v) is 2.92. The van der Waals surface area contributed by atoms with Gasteiger partial charge in [-0.25, -0.2) is 0 Å². The minimum atomic E-state index is -0.106. The summed E-state index contributed by atoms with van der Waals surface area (Å²) in [7, 11) is 9.63. The minimum absolute atomic E-state index is 0.106. The molecule has 0 spiro atoms. The molecular formula is C20H14Cl2Pd. The molecule has 0 N–H and O–H groups in total. The van der Waals surface area contributed by atoms with Crippen LogP contribution >= 0.6 is 19.1 Å². The van der Waals surface area contributed by atoms with Gasteiger partial charge in [-0.2, -0.15) is 0 Å². The van der Waals surface area contributed by atoms with Crippen LogP contribution in [0.1, 0.15) is 0 Å². The maximum atomic E-state index is 4.81. The van der Waals surface area contributed by atoms with Crippen LogP contribution in [0.2, 0.25) is 0 Å². The van der Waals surface area contributed by atoms with Gasteiger partial charge in [-0.3, -0.25) is 0 Å². The molecule has 4 rings (SSSR count). The Kier molecular flexibility index (Phi) is 5.71. The third-order valence-electron chi connectivity index (χ3n) is 3.87. The number of halogens is 2. The van der Waals surface area contributed by atoms with Crippen LogP contribution < -0.4 is 0 Å². The van der Waals surface area contributed by atoms with E-state index in [1.807, 2.05) is 0 Å². The summed E-state index contributed by atoms with van der Waals surface area (Å²) >= 11 is -0.106. The van der Waals surface area contributed by atoms with Crippen LogP contribution in [0.5, 0.6) is 0 Å². The van der Waals surface area contributed by atoms with Gasteiger partial charge in [0.2, 0.25) is 0 Å². The Bertz CT molecular complexity index is 847. The Labute approximate surface area is 152 Å². The summed E-state index contributed by atoms with van der Waals surface area (Å²) in [4.78, 5) is 0. The Morgan fingerprint density at radius 1 is 0.478 bits per heavy atom. The summed E-state index contributed by atoms with van der Waals surface area (Å²) in [6.07, 6.45) is 0. The molecule has 0 aliphatic carbocycles. The van der Waals surface area contributed by atoms with Crippen LogP contribution in [0.15, 0.2) is 84.9 Å². The molecule has 4 aromatic rings. The normalized spacial score (nSPS) is 10.5. The standard InChI is InChI=1S/C20H14.2ClH.Pd/c1-3-11-17-15(7-1)9-5-13-19(17)20-14-6-10-16-8-2-4-12-18(16)20;;;/h1-14H;2*1H;/q;;;+2/p-2. The van der Waals surface area contributed by atoms with Crippen molar-refractivity contribution >= 4 is 40.6 Å². The van der Waals surface area contributed by atoms with Crippen molar-refractivity contribution in [2.45, 2.75) is 0 Å². The average Bonchev–Trinajstić information content (AvgIpc) is 2.61. The second kappa shape index (κ2) is 7.95. The molecule has 0 amide bonds. The Balaban J connectivity index is 0.000000485. The third-order valence-corrected chi connectivity index (χ3v) is 3.87. The molecule has 23 heavy (non-hydrogen) atoms. The van der Waals surface area contributed by atoms with E-state index in [0.717, 1.165) is 0 Å². The van der Waals surface area contributed by atoms with Crippen LogP contribution in [0.3, 0.4) is 0 Å². The molecule has 0 aromatic heterocycles. The molecule has 3 heteroatoms. The number of rotatable bonds is 1. The second-order valence-corrected chi connectivity index (χ2v) is 7.46. The molecule has 0 atom stereocenters. The number of benzene rings is 4. The maximum Gasteiger partial charge on any atom is -0.00992 e. The zero-order valence-corrected chi connectivity index (χ0v) is 15.2. The van der Waals surface area contributed by atoms with Gasteiger partial charge < -0.3 is 0 Å². The van der Waals surface area contributed by atoms with Crippen molar-refractivity contribution in [3.8, 4) is 11.1 Å². The van der Waals surface area contributed by atoms with Gasteiger partial charge in [0.05, 0.1) is 0 Å². The van der Waals surface area contributed by atoms with Gasteiger partial charge in [0.25, 0.3) is 0 Å². The van der Waals surface area contributed by atoms with Crippen molar-refractivity contribution in [3.05, 3.63) is 84.9 Å². The molecule has 0 heterocycles. The minimum Gasteiger partial charge on any atom is -0.0616 e. The van der Waals surface area contributed by atoms with Crippen LogP contribution in [0.25, 0.3) is 32.7 Å². The zero-order valence-electron chi connectivity index (χ0n) is 12.2. The molecule has 0 saturated carbocycles. The average molecular weight is 432 g/mol. The largest absolute Gasteiger partial charge is 0.0616 e. The summed E-state index contributed by atoms with van der Waals surface area (Å²) in [6, 6.07) is 30.2. The molecule has 0 nitrogen and oxygen atoms in total. The van der Waals surface area contributed by atoms with E-state index >= 15 is 0 Å².